The molecule has 1 aliphatic rings. The molecule has 1 N–H and O–H groups in total. The van der Waals surface area contributed by atoms with Crippen LogP contribution in [0, 0.1) is 5.92 Å². The number of ether oxygens (including phenoxy) is 1. The zero-order valence-electron chi connectivity index (χ0n) is 14.7. The fourth-order valence-electron chi connectivity index (χ4n) is 2.71. The van der Waals surface area contributed by atoms with Gasteiger partial charge in [0, 0.05) is 33.1 Å². The first-order chi connectivity index (χ1) is 12.2. The first-order valence-corrected chi connectivity index (χ1v) is 8.23. The molecule has 0 atom stereocenters. The van der Waals surface area contributed by atoms with Crippen molar-refractivity contribution in [1.29, 1.82) is 0 Å². The lowest BCUT2D eigenvalue weighted by Gasteiger charge is -2.33. The molecular formula is C17H22F3N3O3. The van der Waals surface area contributed by atoms with E-state index >= 15 is 0 Å². The van der Waals surface area contributed by atoms with Crippen molar-refractivity contribution in [3.05, 3.63) is 24.3 Å². The Morgan fingerprint density at radius 3 is 2.42 bits per heavy atom. The van der Waals surface area contributed by atoms with Crippen LogP contribution in [0.2, 0.25) is 0 Å². The van der Waals surface area contributed by atoms with Gasteiger partial charge in [0.25, 0.3) is 0 Å². The summed E-state index contributed by atoms with van der Waals surface area (Å²) in [5.74, 6) is -0.625. The molecule has 1 aliphatic heterocycles. The minimum absolute atomic E-state index is 0.0293. The summed E-state index contributed by atoms with van der Waals surface area (Å²) in [5.41, 5.74) is 0.202. The number of piperidine rings is 1. The molecule has 3 amide bonds. The Morgan fingerprint density at radius 1 is 1.23 bits per heavy atom. The Bertz CT molecular complexity index is 642. The summed E-state index contributed by atoms with van der Waals surface area (Å²) in [6.07, 6.45) is -3.46. The zero-order valence-corrected chi connectivity index (χ0v) is 14.7. The largest absolute Gasteiger partial charge is 0.482 e. The highest BCUT2D eigenvalue weighted by molar-refractivity contribution is 5.94. The van der Waals surface area contributed by atoms with Crippen LogP contribution in [0.1, 0.15) is 12.8 Å². The average Bonchev–Trinajstić information content (AvgIpc) is 2.59. The number of para-hydroxylation sites is 2. The van der Waals surface area contributed by atoms with Crippen LogP contribution >= 0.6 is 0 Å². The lowest BCUT2D eigenvalue weighted by atomic mass is 9.96. The number of anilines is 1. The standard InChI is InChI=1S/C17H22F3N3O3/c1-22(2)16(25)23-9-7-12(8-10-23)15(24)21-13-5-3-4-6-14(13)26-11-17(18,19)20/h3-6,12H,7-11H2,1-2H3,(H,21,24). The Labute approximate surface area is 149 Å². The molecule has 2 rings (SSSR count). The minimum atomic E-state index is -4.46. The maximum atomic E-state index is 12.4. The Morgan fingerprint density at radius 2 is 1.85 bits per heavy atom. The summed E-state index contributed by atoms with van der Waals surface area (Å²) in [6.45, 7) is -0.506. The van der Waals surface area contributed by atoms with Crippen molar-refractivity contribution in [2.24, 2.45) is 5.92 Å². The maximum Gasteiger partial charge on any atom is 0.422 e. The van der Waals surface area contributed by atoms with Crippen LogP contribution in [-0.2, 0) is 4.79 Å². The molecule has 1 aromatic carbocycles. The topological polar surface area (TPSA) is 61.9 Å². The lowest BCUT2D eigenvalue weighted by molar-refractivity contribution is -0.153. The number of carbonyl (C=O) groups is 2. The van der Waals surface area contributed by atoms with Crippen LogP contribution in [0.3, 0.4) is 0 Å². The van der Waals surface area contributed by atoms with Gasteiger partial charge in [-0.25, -0.2) is 4.79 Å². The van der Waals surface area contributed by atoms with Gasteiger partial charge in [0.2, 0.25) is 5.91 Å². The number of nitrogens with one attached hydrogen (secondary N) is 1. The highest BCUT2D eigenvalue weighted by Crippen LogP contribution is 2.28. The van der Waals surface area contributed by atoms with Crippen molar-refractivity contribution in [2.45, 2.75) is 19.0 Å². The van der Waals surface area contributed by atoms with E-state index in [4.69, 9.17) is 4.74 Å². The number of carbonyl (C=O) groups excluding carboxylic acids is 2. The molecule has 1 saturated heterocycles. The molecular weight excluding hydrogens is 351 g/mol. The number of halogens is 3. The third kappa shape index (κ3) is 5.53. The van der Waals surface area contributed by atoms with Crippen LogP contribution in [0.15, 0.2) is 24.3 Å². The number of benzene rings is 1. The number of alkyl halides is 3. The lowest BCUT2D eigenvalue weighted by Crippen LogP contribution is -2.45. The van der Waals surface area contributed by atoms with Gasteiger partial charge in [0.05, 0.1) is 5.69 Å². The first-order valence-electron chi connectivity index (χ1n) is 8.23. The van der Waals surface area contributed by atoms with E-state index < -0.39 is 12.8 Å². The molecule has 0 saturated carbocycles. The van der Waals surface area contributed by atoms with Crippen LogP contribution < -0.4 is 10.1 Å². The van der Waals surface area contributed by atoms with Gasteiger partial charge in [-0.15, -0.1) is 0 Å². The Hall–Kier alpha value is -2.45. The van der Waals surface area contributed by atoms with Gasteiger partial charge in [-0.3, -0.25) is 4.79 Å². The average molecular weight is 373 g/mol. The van der Waals surface area contributed by atoms with E-state index in [0.717, 1.165) is 0 Å². The first kappa shape index (κ1) is 19.9. The fourth-order valence-corrected chi connectivity index (χ4v) is 2.71. The molecule has 0 unspecified atom stereocenters. The number of hydrogen-bond donors (Lipinski definition) is 1. The van der Waals surface area contributed by atoms with Crippen LogP contribution in [0.25, 0.3) is 0 Å². The van der Waals surface area contributed by atoms with E-state index in [9.17, 15) is 22.8 Å². The second-order valence-electron chi connectivity index (χ2n) is 6.33. The molecule has 6 nitrogen and oxygen atoms in total. The predicted octanol–water partition coefficient (Wildman–Crippen LogP) is 2.96. The molecule has 0 aliphatic carbocycles. The maximum absolute atomic E-state index is 12.4. The zero-order chi connectivity index (χ0) is 19.3. The van der Waals surface area contributed by atoms with Crippen LogP contribution in [0.5, 0.6) is 5.75 Å². The highest BCUT2D eigenvalue weighted by Gasteiger charge is 2.30. The molecule has 0 bridgehead atoms. The normalized spacial score (nSPS) is 15.5. The quantitative estimate of drug-likeness (QED) is 0.883. The monoisotopic (exact) mass is 373 g/mol. The van der Waals surface area contributed by atoms with Crippen LogP contribution in [-0.4, -0.2) is 61.7 Å². The Balaban J connectivity index is 1.93. The highest BCUT2D eigenvalue weighted by atomic mass is 19.4. The van der Waals surface area contributed by atoms with Crippen molar-refractivity contribution < 1.29 is 27.5 Å². The minimum Gasteiger partial charge on any atom is -0.482 e. The van der Waals surface area contributed by atoms with E-state index in [-0.39, 0.29) is 29.3 Å². The SMILES string of the molecule is CN(C)C(=O)N1CCC(C(=O)Nc2ccccc2OCC(F)(F)F)CC1. The number of hydrogen-bond acceptors (Lipinski definition) is 3. The second-order valence-corrected chi connectivity index (χ2v) is 6.33. The van der Waals surface area contributed by atoms with E-state index in [0.29, 0.717) is 25.9 Å². The fraction of sp³-hybridized carbons (Fsp3) is 0.529. The van der Waals surface area contributed by atoms with Gasteiger partial charge < -0.3 is 19.9 Å². The number of amides is 3. The molecule has 1 heterocycles. The number of likely N-dealkylation sites (tertiary alicyclic amines) is 1. The number of urea groups is 1. The van der Waals surface area contributed by atoms with Crippen molar-refractivity contribution in [2.75, 3.05) is 39.1 Å². The Kier molecular flexibility index (Phi) is 6.33. The summed E-state index contributed by atoms with van der Waals surface area (Å²) in [4.78, 5) is 27.5. The molecule has 0 spiro atoms. The molecule has 1 fully saturated rings. The number of nitrogens with zero attached hydrogens (tertiary/aromatic N) is 2. The molecule has 0 aromatic heterocycles. The summed E-state index contributed by atoms with van der Waals surface area (Å²) in [5, 5.41) is 2.64. The second kappa shape index (κ2) is 8.29. The van der Waals surface area contributed by atoms with Gasteiger partial charge >= 0.3 is 12.2 Å². The van der Waals surface area contributed by atoms with Gasteiger partial charge in [-0.05, 0) is 25.0 Å². The summed E-state index contributed by atoms with van der Waals surface area (Å²) >= 11 is 0. The summed E-state index contributed by atoms with van der Waals surface area (Å²) in [6, 6.07) is 5.91. The van der Waals surface area contributed by atoms with E-state index in [2.05, 4.69) is 5.32 Å². The van der Waals surface area contributed by atoms with Crippen molar-refractivity contribution in [3.8, 4) is 5.75 Å². The summed E-state index contributed by atoms with van der Waals surface area (Å²) < 4.78 is 41.8. The van der Waals surface area contributed by atoms with E-state index in [1.807, 2.05) is 0 Å². The predicted molar refractivity (Wildman–Crippen MR) is 90.0 cm³/mol. The molecule has 9 heteroatoms. The molecule has 144 valence electrons. The molecule has 0 radical (unpaired) electrons. The van der Waals surface area contributed by atoms with E-state index in [1.165, 1.54) is 23.1 Å². The van der Waals surface area contributed by atoms with E-state index in [1.54, 1.807) is 25.1 Å². The van der Waals surface area contributed by atoms with Crippen molar-refractivity contribution in [1.82, 2.24) is 9.80 Å². The molecule has 26 heavy (non-hydrogen) atoms. The van der Waals surface area contributed by atoms with Crippen molar-refractivity contribution in [3.63, 3.8) is 0 Å². The number of rotatable bonds is 4. The van der Waals surface area contributed by atoms with Gasteiger partial charge in [0.1, 0.15) is 5.75 Å². The van der Waals surface area contributed by atoms with Gasteiger partial charge in [-0.1, -0.05) is 12.1 Å². The third-order valence-electron chi connectivity index (χ3n) is 4.06. The van der Waals surface area contributed by atoms with Crippen LogP contribution in [0.4, 0.5) is 23.7 Å². The summed E-state index contributed by atoms with van der Waals surface area (Å²) in [7, 11) is 3.33. The van der Waals surface area contributed by atoms with Crippen molar-refractivity contribution >= 4 is 17.6 Å². The van der Waals surface area contributed by atoms with Gasteiger partial charge in [-0.2, -0.15) is 13.2 Å². The molecule has 1 aromatic rings. The third-order valence-corrected chi connectivity index (χ3v) is 4.06. The smallest absolute Gasteiger partial charge is 0.422 e. The van der Waals surface area contributed by atoms with Gasteiger partial charge in [0.15, 0.2) is 6.61 Å².